The summed E-state index contributed by atoms with van der Waals surface area (Å²) in [6.45, 7) is -0.356. The highest BCUT2D eigenvalue weighted by Crippen LogP contribution is 2.62. The Morgan fingerprint density at radius 2 is 0.824 bits per heavy atom. The van der Waals surface area contributed by atoms with E-state index in [1.165, 1.54) is 0 Å². The van der Waals surface area contributed by atoms with Crippen molar-refractivity contribution in [1.29, 1.82) is 0 Å². The molecule has 0 N–H and O–H groups in total. The van der Waals surface area contributed by atoms with Gasteiger partial charge in [-0.3, -0.25) is 0 Å². The minimum Gasteiger partial charge on any atom is -0.370 e. The van der Waals surface area contributed by atoms with Crippen LogP contribution in [0.5, 0.6) is 0 Å². The molecule has 0 aromatic heterocycles. The maximum absolute atomic E-state index is 14.6. The van der Waals surface area contributed by atoms with Gasteiger partial charge in [-0.15, -0.1) is 0 Å². The van der Waals surface area contributed by atoms with Crippen molar-refractivity contribution in [3.8, 4) is 0 Å². The van der Waals surface area contributed by atoms with Crippen molar-refractivity contribution in [2.24, 2.45) is 0 Å². The molecule has 3 nitrogen and oxygen atoms in total. The monoisotopic (exact) mass is 564 g/mol. The van der Waals surface area contributed by atoms with Crippen LogP contribution in [0.3, 0.4) is 0 Å². The first-order valence-electron chi connectivity index (χ1n) is 8.73. The topological polar surface area (TPSA) is 27.7 Å². The molecule has 0 rings (SSSR count). The second-order valence-electron chi connectivity index (χ2n) is 6.26. The van der Waals surface area contributed by atoms with Crippen LogP contribution in [0.2, 0.25) is 0 Å². The first-order valence-corrected chi connectivity index (χ1v) is 10.5. The van der Waals surface area contributed by atoms with E-state index in [1.54, 1.807) is 0 Å². The third-order valence-electron chi connectivity index (χ3n) is 4.01. The zero-order chi connectivity index (χ0) is 27.8. The minimum absolute atomic E-state index is 0.851. The normalized spacial score (nSPS) is 16.7. The molecule has 0 aromatic carbocycles. The molecule has 0 aliphatic rings. The van der Waals surface area contributed by atoms with Crippen LogP contribution in [0, 0.1) is 0 Å². The van der Waals surface area contributed by atoms with E-state index in [4.69, 9.17) is 0 Å². The smallest absolute Gasteiger partial charge is 0.370 e. The lowest BCUT2D eigenvalue weighted by Gasteiger charge is -2.43. The Morgan fingerprint density at radius 1 is 0.529 bits per heavy atom. The summed E-state index contributed by atoms with van der Waals surface area (Å²) in [5.41, 5.74) is -6.14. The molecule has 1 unspecified atom stereocenters. The van der Waals surface area contributed by atoms with Gasteiger partial charge in [0.25, 0.3) is 0 Å². The predicted molar refractivity (Wildman–Crippen MR) is 81.3 cm³/mol. The van der Waals surface area contributed by atoms with E-state index in [0.29, 0.717) is 0 Å². The van der Waals surface area contributed by atoms with Gasteiger partial charge in [0.15, 0.2) is 0 Å². The summed E-state index contributed by atoms with van der Waals surface area (Å²) in [6, 6.07) is 0. The molecule has 0 heterocycles. The van der Waals surface area contributed by atoms with Gasteiger partial charge in [0.05, 0.1) is 0 Å². The third kappa shape index (κ3) is 4.70. The zero-order valence-electron chi connectivity index (χ0n) is 17.0. The summed E-state index contributed by atoms with van der Waals surface area (Å²) < 4.78 is 227. The summed E-state index contributed by atoms with van der Waals surface area (Å²) in [6.07, 6.45) is -13.7. The van der Waals surface area contributed by atoms with Crippen molar-refractivity contribution in [3.63, 3.8) is 0 Å². The van der Waals surface area contributed by atoms with E-state index in [-0.39, 0.29) is 0 Å². The Labute approximate surface area is 181 Å². The van der Waals surface area contributed by atoms with E-state index in [1.807, 2.05) is 0 Å². The average Bonchev–Trinajstić information content (AvgIpc) is 2.66. The number of hydrogen-bond donors (Lipinski definition) is 0. The zero-order valence-corrected chi connectivity index (χ0v) is 18.0. The van der Waals surface area contributed by atoms with Crippen LogP contribution in [0.4, 0.5) is 70.2 Å². The van der Waals surface area contributed by atoms with Crippen LogP contribution < -0.4 is 0 Å². The van der Waals surface area contributed by atoms with Crippen LogP contribution in [0.15, 0.2) is 0 Å². The van der Waals surface area contributed by atoms with E-state index >= 15 is 0 Å². The molecule has 0 fully saturated rings. The van der Waals surface area contributed by atoms with Gasteiger partial charge in [-0.1, -0.05) is 0 Å². The molecule has 0 radical (unpaired) electrons. The van der Waals surface area contributed by atoms with Gasteiger partial charge in [-0.2, -0.15) is 65.9 Å². The number of halogens is 16. The van der Waals surface area contributed by atoms with Crippen LogP contribution in [0.25, 0.3) is 0 Å². The Hall–Kier alpha value is -1.02. The van der Waals surface area contributed by atoms with Crippen molar-refractivity contribution in [2.45, 2.75) is 68.3 Å². The van der Waals surface area contributed by atoms with Crippen molar-refractivity contribution in [3.05, 3.63) is 0 Å². The molecule has 34 heavy (non-hydrogen) atoms. The molecule has 0 amide bonds. The van der Waals surface area contributed by atoms with Gasteiger partial charge in [-0.05, 0) is 20.8 Å². The van der Waals surface area contributed by atoms with Crippen LogP contribution in [-0.2, 0) is 13.3 Å². The maximum atomic E-state index is 14.6. The van der Waals surface area contributed by atoms with Gasteiger partial charge in [-0.25, -0.2) is 4.39 Å². The molecule has 206 valence electrons. The first-order chi connectivity index (χ1) is 14.8. The highest BCUT2D eigenvalue weighted by molar-refractivity contribution is 6.63. The lowest BCUT2D eigenvalue weighted by molar-refractivity contribution is -0.445. The molecule has 20 heteroatoms. The Morgan fingerprint density at radius 3 is 1.09 bits per heavy atom. The van der Waals surface area contributed by atoms with Crippen LogP contribution >= 0.6 is 0 Å². The fraction of sp³-hybridized carbons (Fsp3) is 1.00. The highest BCUT2D eigenvalue weighted by atomic mass is 28.4. The second kappa shape index (κ2) is 9.79. The third-order valence-corrected chi connectivity index (χ3v) is 7.08. The van der Waals surface area contributed by atoms with Gasteiger partial charge < -0.3 is 13.3 Å². The quantitative estimate of drug-likeness (QED) is 0.195. The van der Waals surface area contributed by atoms with E-state index in [2.05, 4.69) is 13.3 Å². The molecule has 1 atom stereocenters. The SMILES string of the molecule is CCO[Si](OCC)(OCC)C(F)(F)C(F)C(F)(F)C(F)(F)C(F)(F)C(F)(F)C(F)(F)C(F)(F)F. The molecule has 0 aromatic rings. The lowest BCUT2D eigenvalue weighted by Crippen LogP contribution is -2.75. The Bertz CT molecular complexity index is 663. The molecule has 0 aliphatic carbocycles. The van der Waals surface area contributed by atoms with E-state index in [0.717, 1.165) is 20.8 Å². The Kier molecular flexibility index (Phi) is 9.50. The number of rotatable bonds is 13. The Balaban J connectivity index is 6.83. The van der Waals surface area contributed by atoms with Gasteiger partial charge in [0.1, 0.15) is 0 Å². The van der Waals surface area contributed by atoms with E-state index in [9.17, 15) is 70.2 Å². The lowest BCUT2D eigenvalue weighted by atomic mass is 9.92. The highest BCUT2D eigenvalue weighted by Gasteiger charge is 2.93. The molecule has 0 saturated carbocycles. The summed E-state index contributed by atoms with van der Waals surface area (Å²) >= 11 is 0. The average molecular weight is 564 g/mol. The summed E-state index contributed by atoms with van der Waals surface area (Å²) in [7, 11) is -6.23. The van der Waals surface area contributed by atoms with Gasteiger partial charge in [0, 0.05) is 19.8 Å². The van der Waals surface area contributed by atoms with Crippen molar-refractivity contribution < 1.29 is 83.5 Å². The molecular weight excluding hydrogens is 548 g/mol. The van der Waals surface area contributed by atoms with Gasteiger partial charge >= 0.3 is 50.1 Å². The van der Waals surface area contributed by atoms with Crippen molar-refractivity contribution in [2.75, 3.05) is 19.8 Å². The minimum atomic E-state index is -8.43. The second-order valence-corrected chi connectivity index (χ2v) is 8.90. The summed E-state index contributed by atoms with van der Waals surface area (Å²) in [4.78, 5) is 0. The van der Waals surface area contributed by atoms with Crippen molar-refractivity contribution >= 4 is 8.80 Å². The van der Waals surface area contributed by atoms with Crippen LogP contribution in [-0.4, -0.2) is 76.1 Å². The fourth-order valence-electron chi connectivity index (χ4n) is 2.31. The molecule has 0 aliphatic heterocycles. The fourth-order valence-corrected chi connectivity index (χ4v) is 4.77. The van der Waals surface area contributed by atoms with Gasteiger partial charge in [0.2, 0.25) is 6.17 Å². The predicted octanol–water partition coefficient (Wildman–Crippen LogP) is 6.29. The standard InChI is InChI=1S/C14H16F16O3Si/c1-4-31-34(32-5-2,33-6-3)9(18,19)7(15)8(16,17)10(20,21)11(22,23)12(24,25)13(26,27)14(28,29)30/h7H,4-6H2,1-3H3. The molecule has 0 bridgehead atoms. The van der Waals surface area contributed by atoms with Crippen molar-refractivity contribution in [1.82, 2.24) is 0 Å². The molecule has 0 spiro atoms. The number of hydrogen-bond acceptors (Lipinski definition) is 3. The largest absolute Gasteiger partial charge is 0.578 e. The van der Waals surface area contributed by atoms with Crippen LogP contribution in [0.1, 0.15) is 20.8 Å². The molecule has 0 saturated heterocycles. The number of alkyl halides is 16. The first kappa shape index (κ1) is 33.0. The molecular formula is C14H16F16O3Si. The summed E-state index contributed by atoms with van der Waals surface area (Å²) in [5, 5.41) is 0. The van der Waals surface area contributed by atoms with E-state index < -0.39 is 76.1 Å². The summed E-state index contributed by atoms with van der Waals surface area (Å²) in [5.74, 6) is -40.9. The maximum Gasteiger partial charge on any atom is 0.578 e.